The van der Waals surface area contributed by atoms with Gasteiger partial charge in [-0.25, -0.2) is 9.59 Å². The van der Waals surface area contributed by atoms with Gasteiger partial charge in [-0.1, -0.05) is 31.4 Å². The van der Waals surface area contributed by atoms with Gasteiger partial charge in [0.15, 0.2) is 6.10 Å². The Labute approximate surface area is 166 Å². The predicted octanol–water partition coefficient (Wildman–Crippen LogP) is 3.81. The van der Waals surface area contributed by atoms with Crippen molar-refractivity contribution in [3.63, 3.8) is 0 Å². The number of nitrogens with one attached hydrogen (secondary N) is 2. The summed E-state index contributed by atoms with van der Waals surface area (Å²) < 4.78 is 42.9. The van der Waals surface area contributed by atoms with E-state index in [2.05, 4.69) is 10.6 Å². The molecule has 1 aliphatic carbocycles. The molecule has 1 atom stereocenters. The van der Waals surface area contributed by atoms with Gasteiger partial charge in [0.25, 0.3) is 5.91 Å². The lowest BCUT2D eigenvalue weighted by Gasteiger charge is -2.23. The van der Waals surface area contributed by atoms with E-state index in [1.54, 1.807) is 0 Å². The smallest absolute Gasteiger partial charge is 0.416 e. The van der Waals surface area contributed by atoms with Crippen LogP contribution in [0, 0.1) is 0 Å². The van der Waals surface area contributed by atoms with Crippen LogP contribution in [-0.4, -0.2) is 30.1 Å². The largest absolute Gasteiger partial charge is 0.449 e. The first-order valence-corrected chi connectivity index (χ1v) is 9.32. The number of imide groups is 1. The van der Waals surface area contributed by atoms with Crippen LogP contribution in [0.15, 0.2) is 30.3 Å². The second-order valence-electron chi connectivity index (χ2n) is 6.83. The maximum Gasteiger partial charge on any atom is 0.416 e. The van der Waals surface area contributed by atoms with Crippen molar-refractivity contribution in [2.75, 3.05) is 0 Å². The summed E-state index contributed by atoms with van der Waals surface area (Å²) in [6.07, 6.45) is 1.20. The molecule has 6 nitrogen and oxygen atoms in total. The minimum atomic E-state index is -4.49. The van der Waals surface area contributed by atoms with Crippen molar-refractivity contribution in [3.05, 3.63) is 41.5 Å². The molecule has 0 aliphatic heterocycles. The van der Waals surface area contributed by atoms with E-state index >= 15 is 0 Å². The summed E-state index contributed by atoms with van der Waals surface area (Å²) in [6.45, 7) is 1.29. The van der Waals surface area contributed by atoms with Crippen molar-refractivity contribution in [1.29, 1.82) is 0 Å². The summed E-state index contributed by atoms with van der Waals surface area (Å²) in [7, 11) is 0. The highest BCUT2D eigenvalue weighted by Gasteiger charge is 2.30. The van der Waals surface area contributed by atoms with Crippen LogP contribution in [0.4, 0.5) is 18.0 Å². The third kappa shape index (κ3) is 7.59. The van der Waals surface area contributed by atoms with E-state index in [-0.39, 0.29) is 11.6 Å². The van der Waals surface area contributed by atoms with Gasteiger partial charge in [-0.3, -0.25) is 10.1 Å². The summed E-state index contributed by atoms with van der Waals surface area (Å²) in [5.74, 6) is -1.71. The lowest BCUT2D eigenvalue weighted by molar-refractivity contribution is -0.149. The number of benzene rings is 1. The molecule has 0 unspecified atom stereocenters. The fourth-order valence-electron chi connectivity index (χ4n) is 2.93. The average Bonchev–Trinajstić information content (AvgIpc) is 2.66. The van der Waals surface area contributed by atoms with E-state index in [9.17, 15) is 27.6 Å². The van der Waals surface area contributed by atoms with Gasteiger partial charge in [0.2, 0.25) is 0 Å². The molecule has 0 aromatic heterocycles. The zero-order chi connectivity index (χ0) is 21.4. The minimum absolute atomic E-state index is 0.0183. The van der Waals surface area contributed by atoms with E-state index in [1.165, 1.54) is 19.1 Å². The van der Waals surface area contributed by atoms with Gasteiger partial charge in [0.1, 0.15) is 0 Å². The fourth-order valence-corrected chi connectivity index (χ4v) is 2.93. The SMILES string of the molecule is C[C@@H](OC(=O)/C=C/c1cccc(C(F)(F)F)c1)C(=O)NC(=O)NC1CCCCC1. The van der Waals surface area contributed by atoms with Gasteiger partial charge < -0.3 is 10.1 Å². The van der Waals surface area contributed by atoms with Gasteiger partial charge in [-0.15, -0.1) is 0 Å². The Morgan fingerprint density at radius 3 is 2.52 bits per heavy atom. The Morgan fingerprint density at radius 2 is 1.86 bits per heavy atom. The number of carbonyl (C=O) groups is 3. The van der Waals surface area contributed by atoms with E-state index in [0.29, 0.717) is 0 Å². The average molecular weight is 412 g/mol. The topological polar surface area (TPSA) is 84.5 Å². The molecular weight excluding hydrogens is 389 g/mol. The number of hydrogen-bond acceptors (Lipinski definition) is 4. The highest BCUT2D eigenvalue weighted by Crippen LogP contribution is 2.29. The fraction of sp³-hybridized carbons (Fsp3) is 0.450. The molecule has 0 radical (unpaired) electrons. The molecule has 1 aromatic rings. The van der Waals surface area contributed by atoms with E-state index in [1.807, 2.05) is 0 Å². The summed E-state index contributed by atoms with van der Waals surface area (Å²) in [5.41, 5.74) is -0.689. The van der Waals surface area contributed by atoms with Crippen molar-refractivity contribution in [2.24, 2.45) is 0 Å². The Morgan fingerprint density at radius 1 is 1.17 bits per heavy atom. The summed E-state index contributed by atoms with van der Waals surface area (Å²) in [5, 5.41) is 4.82. The predicted molar refractivity (Wildman–Crippen MR) is 99.6 cm³/mol. The maximum atomic E-state index is 12.7. The first-order valence-electron chi connectivity index (χ1n) is 9.32. The number of esters is 1. The summed E-state index contributed by atoms with van der Waals surface area (Å²) >= 11 is 0. The third-order valence-electron chi connectivity index (χ3n) is 4.47. The number of amides is 3. The lowest BCUT2D eigenvalue weighted by Crippen LogP contribution is -2.48. The molecule has 2 N–H and O–H groups in total. The molecule has 1 aromatic carbocycles. The van der Waals surface area contributed by atoms with Crippen LogP contribution in [0.2, 0.25) is 0 Å². The van der Waals surface area contributed by atoms with Crippen LogP contribution in [0.3, 0.4) is 0 Å². The van der Waals surface area contributed by atoms with Crippen LogP contribution >= 0.6 is 0 Å². The first kappa shape index (κ1) is 22.4. The Kier molecular flexibility index (Phi) is 7.81. The highest BCUT2D eigenvalue weighted by atomic mass is 19.4. The first-order chi connectivity index (χ1) is 13.6. The molecule has 29 heavy (non-hydrogen) atoms. The van der Waals surface area contributed by atoms with Gasteiger partial charge >= 0.3 is 18.2 Å². The van der Waals surface area contributed by atoms with Crippen molar-refractivity contribution in [2.45, 2.75) is 57.3 Å². The van der Waals surface area contributed by atoms with Crippen molar-refractivity contribution in [3.8, 4) is 0 Å². The maximum absolute atomic E-state index is 12.7. The second-order valence-corrected chi connectivity index (χ2v) is 6.83. The van der Waals surface area contributed by atoms with Crippen LogP contribution in [0.5, 0.6) is 0 Å². The number of rotatable bonds is 5. The third-order valence-corrected chi connectivity index (χ3v) is 4.47. The molecule has 9 heteroatoms. The molecule has 1 saturated carbocycles. The number of carbonyl (C=O) groups excluding carboxylic acids is 3. The van der Waals surface area contributed by atoms with Gasteiger partial charge in [-0.2, -0.15) is 13.2 Å². The molecule has 0 spiro atoms. The number of halogens is 3. The van der Waals surface area contributed by atoms with E-state index < -0.39 is 35.8 Å². The Hall–Kier alpha value is -2.84. The summed E-state index contributed by atoms with van der Waals surface area (Å²) in [4.78, 5) is 35.6. The normalized spacial score (nSPS) is 16.3. The van der Waals surface area contributed by atoms with Crippen LogP contribution in [-0.2, 0) is 20.5 Å². The zero-order valence-corrected chi connectivity index (χ0v) is 15.9. The van der Waals surface area contributed by atoms with Crippen molar-refractivity contribution >= 4 is 24.0 Å². The Balaban J connectivity index is 1.82. The quantitative estimate of drug-likeness (QED) is 0.569. The number of hydrogen-bond donors (Lipinski definition) is 2. The van der Waals surface area contributed by atoms with E-state index in [0.717, 1.165) is 56.4 Å². The molecule has 0 heterocycles. The number of alkyl halides is 3. The molecule has 3 amide bonds. The van der Waals surface area contributed by atoms with Gasteiger partial charge in [0.05, 0.1) is 5.56 Å². The molecule has 0 saturated heterocycles. The molecular formula is C20H23F3N2O4. The van der Waals surface area contributed by atoms with Crippen LogP contribution in [0.25, 0.3) is 6.08 Å². The highest BCUT2D eigenvalue weighted by molar-refractivity contribution is 5.98. The molecule has 158 valence electrons. The van der Waals surface area contributed by atoms with Crippen molar-refractivity contribution in [1.82, 2.24) is 10.6 Å². The molecule has 1 fully saturated rings. The minimum Gasteiger partial charge on any atom is -0.449 e. The molecule has 0 bridgehead atoms. The second kappa shape index (κ2) is 10.1. The summed E-state index contributed by atoms with van der Waals surface area (Å²) in [6, 6.07) is 3.78. The van der Waals surface area contributed by atoms with Crippen LogP contribution < -0.4 is 10.6 Å². The number of ether oxygens (including phenoxy) is 1. The zero-order valence-electron chi connectivity index (χ0n) is 15.9. The standard InChI is InChI=1S/C20H23F3N2O4/c1-13(18(27)25-19(28)24-16-8-3-2-4-9-16)29-17(26)11-10-14-6-5-7-15(12-14)20(21,22)23/h5-7,10-13,16H,2-4,8-9H2,1H3,(H2,24,25,27,28)/b11-10+/t13-/m1/s1. The number of urea groups is 1. The Bertz CT molecular complexity index is 771. The van der Waals surface area contributed by atoms with Gasteiger partial charge in [-0.05, 0) is 43.5 Å². The van der Waals surface area contributed by atoms with Crippen molar-refractivity contribution < 1.29 is 32.3 Å². The van der Waals surface area contributed by atoms with Gasteiger partial charge in [0, 0.05) is 12.1 Å². The molecule has 2 rings (SSSR count). The van der Waals surface area contributed by atoms with E-state index in [4.69, 9.17) is 4.74 Å². The monoisotopic (exact) mass is 412 g/mol. The lowest BCUT2D eigenvalue weighted by atomic mass is 9.96. The van der Waals surface area contributed by atoms with Crippen LogP contribution in [0.1, 0.15) is 50.2 Å². The molecule has 1 aliphatic rings.